The fourth-order valence-electron chi connectivity index (χ4n) is 1.18. The van der Waals surface area contributed by atoms with E-state index in [-0.39, 0.29) is 12.6 Å². The van der Waals surface area contributed by atoms with E-state index in [1.807, 2.05) is 4.72 Å². The number of nitrogens with zero attached hydrogens (tertiary/aromatic N) is 1. The van der Waals surface area contributed by atoms with Crippen molar-refractivity contribution in [1.82, 2.24) is 4.72 Å². The van der Waals surface area contributed by atoms with Crippen LogP contribution in [0.25, 0.3) is 0 Å². The number of nitro groups is 1. The molecule has 1 N–H and O–H groups in total. The summed E-state index contributed by atoms with van der Waals surface area (Å²) in [5.41, 5.74) is -1.09. The smallest absolute Gasteiger partial charge is 0.258 e. The zero-order valence-corrected chi connectivity index (χ0v) is 10.1. The van der Waals surface area contributed by atoms with Gasteiger partial charge in [0, 0.05) is 18.7 Å². The van der Waals surface area contributed by atoms with Gasteiger partial charge >= 0.3 is 5.69 Å². The van der Waals surface area contributed by atoms with Gasteiger partial charge in [-0.2, -0.15) is 4.39 Å². The molecular formula is C9H10F2N2O4S. The molecule has 9 heteroatoms. The van der Waals surface area contributed by atoms with Crippen LogP contribution in [0.2, 0.25) is 0 Å². The van der Waals surface area contributed by atoms with Crippen LogP contribution in [-0.4, -0.2) is 19.9 Å². The topological polar surface area (TPSA) is 89.3 Å². The van der Waals surface area contributed by atoms with E-state index >= 15 is 0 Å². The number of halogens is 2. The maximum atomic E-state index is 13.3. The molecule has 1 aromatic carbocycles. The maximum absolute atomic E-state index is 13.3. The fourth-order valence-corrected chi connectivity index (χ4v) is 2.39. The van der Waals surface area contributed by atoms with Crippen molar-refractivity contribution in [2.45, 2.75) is 18.2 Å². The molecule has 0 amide bonds. The van der Waals surface area contributed by atoms with E-state index in [1.54, 1.807) is 6.92 Å². The summed E-state index contributed by atoms with van der Waals surface area (Å²) in [5, 5.41) is 10.5. The zero-order chi connectivity index (χ0) is 13.9. The summed E-state index contributed by atoms with van der Waals surface area (Å²) in [4.78, 5) is 8.40. The summed E-state index contributed by atoms with van der Waals surface area (Å²) in [6.07, 6.45) is 0.462. The Labute approximate surface area is 102 Å². The number of hydrogen-bond acceptors (Lipinski definition) is 4. The van der Waals surface area contributed by atoms with Crippen molar-refractivity contribution in [2.24, 2.45) is 0 Å². The molecule has 0 aliphatic heterocycles. The van der Waals surface area contributed by atoms with Crippen LogP contribution in [0, 0.1) is 21.7 Å². The van der Waals surface area contributed by atoms with Gasteiger partial charge in [0.1, 0.15) is 10.7 Å². The summed E-state index contributed by atoms with van der Waals surface area (Å²) in [5.74, 6) is -2.80. The number of hydrogen-bond donors (Lipinski definition) is 1. The first-order valence-electron chi connectivity index (χ1n) is 4.92. The van der Waals surface area contributed by atoms with Crippen LogP contribution in [0.15, 0.2) is 17.0 Å². The minimum Gasteiger partial charge on any atom is -0.258 e. The molecule has 0 radical (unpaired) electrons. The Balaban J connectivity index is 3.33. The molecule has 0 atom stereocenters. The molecule has 0 bridgehead atoms. The summed E-state index contributed by atoms with van der Waals surface area (Å²) in [7, 11) is -4.22. The van der Waals surface area contributed by atoms with Gasteiger partial charge in [0.25, 0.3) is 0 Å². The fraction of sp³-hybridized carbons (Fsp3) is 0.333. The van der Waals surface area contributed by atoms with Gasteiger partial charge in [-0.15, -0.1) is 0 Å². The maximum Gasteiger partial charge on any atom is 0.306 e. The standard InChI is InChI=1S/C9H10F2N2O4S/c1-2-3-12-18(16,17)9-5-8(13(14)15)6(10)4-7(9)11/h4-5,12H,2-3H2,1H3. The predicted octanol–water partition coefficient (Wildman–Crippen LogP) is 1.56. The van der Waals surface area contributed by atoms with E-state index in [0.29, 0.717) is 12.5 Å². The summed E-state index contributed by atoms with van der Waals surface area (Å²) in [6, 6.07) is 0.543. The number of nitrogens with one attached hydrogen (secondary N) is 1. The number of rotatable bonds is 5. The van der Waals surface area contributed by atoms with Crippen molar-refractivity contribution in [3.05, 3.63) is 33.9 Å². The summed E-state index contributed by atoms with van der Waals surface area (Å²) in [6.45, 7) is 1.74. The van der Waals surface area contributed by atoms with E-state index in [0.717, 1.165) is 0 Å². The molecule has 1 rings (SSSR count). The first-order chi connectivity index (χ1) is 8.29. The van der Waals surface area contributed by atoms with E-state index in [1.165, 1.54) is 0 Å². The van der Waals surface area contributed by atoms with E-state index in [2.05, 4.69) is 0 Å². The molecule has 18 heavy (non-hydrogen) atoms. The summed E-state index contributed by atoms with van der Waals surface area (Å²) < 4.78 is 51.6. The lowest BCUT2D eigenvalue weighted by Crippen LogP contribution is -2.25. The normalized spacial score (nSPS) is 11.5. The molecule has 1 aromatic rings. The molecule has 0 saturated carbocycles. The average molecular weight is 280 g/mol. The van der Waals surface area contributed by atoms with Crippen molar-refractivity contribution in [2.75, 3.05) is 6.54 Å². The van der Waals surface area contributed by atoms with Gasteiger partial charge in [0.2, 0.25) is 15.8 Å². The lowest BCUT2D eigenvalue weighted by Gasteiger charge is -2.06. The van der Waals surface area contributed by atoms with Crippen molar-refractivity contribution in [3.63, 3.8) is 0 Å². The zero-order valence-electron chi connectivity index (χ0n) is 9.31. The second-order valence-corrected chi connectivity index (χ2v) is 5.12. The Morgan fingerprint density at radius 2 is 1.94 bits per heavy atom. The highest BCUT2D eigenvalue weighted by atomic mass is 32.2. The Morgan fingerprint density at radius 3 is 2.44 bits per heavy atom. The van der Waals surface area contributed by atoms with Crippen molar-refractivity contribution in [1.29, 1.82) is 0 Å². The third-order valence-corrected chi connectivity index (χ3v) is 3.51. The predicted molar refractivity (Wildman–Crippen MR) is 58.5 cm³/mol. The molecule has 0 heterocycles. The Hall–Kier alpha value is -1.61. The second-order valence-electron chi connectivity index (χ2n) is 3.39. The minimum absolute atomic E-state index is 0.0486. The number of sulfonamides is 1. The van der Waals surface area contributed by atoms with Gasteiger partial charge in [0.15, 0.2) is 0 Å². The van der Waals surface area contributed by atoms with Crippen LogP contribution >= 0.6 is 0 Å². The third-order valence-electron chi connectivity index (χ3n) is 2.03. The van der Waals surface area contributed by atoms with Crippen LogP contribution < -0.4 is 4.72 Å². The Morgan fingerprint density at radius 1 is 1.33 bits per heavy atom. The van der Waals surface area contributed by atoms with Gasteiger partial charge in [0.05, 0.1) is 4.92 Å². The summed E-state index contributed by atoms with van der Waals surface area (Å²) >= 11 is 0. The third kappa shape index (κ3) is 2.99. The lowest BCUT2D eigenvalue weighted by atomic mass is 10.3. The molecule has 0 aromatic heterocycles. The Bertz CT molecular complexity index is 574. The molecule has 6 nitrogen and oxygen atoms in total. The number of benzene rings is 1. The highest BCUT2D eigenvalue weighted by Crippen LogP contribution is 2.24. The average Bonchev–Trinajstić information content (AvgIpc) is 2.25. The monoisotopic (exact) mass is 280 g/mol. The van der Waals surface area contributed by atoms with Gasteiger partial charge in [-0.25, -0.2) is 17.5 Å². The highest BCUT2D eigenvalue weighted by molar-refractivity contribution is 7.89. The largest absolute Gasteiger partial charge is 0.306 e. The molecule has 0 aliphatic carbocycles. The second kappa shape index (κ2) is 5.36. The van der Waals surface area contributed by atoms with E-state index < -0.39 is 37.2 Å². The molecule has 0 spiro atoms. The molecule has 0 aliphatic rings. The van der Waals surface area contributed by atoms with Crippen LogP contribution in [0.3, 0.4) is 0 Å². The molecule has 0 unspecified atom stereocenters. The molecule has 0 saturated heterocycles. The quantitative estimate of drug-likeness (QED) is 0.654. The van der Waals surface area contributed by atoms with Crippen LogP contribution in [0.1, 0.15) is 13.3 Å². The lowest BCUT2D eigenvalue weighted by molar-refractivity contribution is -0.387. The highest BCUT2D eigenvalue weighted by Gasteiger charge is 2.25. The van der Waals surface area contributed by atoms with E-state index in [9.17, 15) is 27.3 Å². The van der Waals surface area contributed by atoms with Gasteiger partial charge in [-0.3, -0.25) is 10.1 Å². The SMILES string of the molecule is CCCNS(=O)(=O)c1cc([N+](=O)[O-])c(F)cc1F. The Kier molecular flexibility index (Phi) is 4.30. The van der Waals surface area contributed by atoms with Gasteiger partial charge in [-0.05, 0) is 6.42 Å². The van der Waals surface area contributed by atoms with Crippen molar-refractivity contribution >= 4 is 15.7 Å². The van der Waals surface area contributed by atoms with E-state index in [4.69, 9.17) is 0 Å². The van der Waals surface area contributed by atoms with Crippen LogP contribution in [-0.2, 0) is 10.0 Å². The number of nitro benzene ring substituents is 1. The molecule has 100 valence electrons. The van der Waals surface area contributed by atoms with Crippen LogP contribution in [0.4, 0.5) is 14.5 Å². The van der Waals surface area contributed by atoms with Crippen molar-refractivity contribution in [3.8, 4) is 0 Å². The molecular weight excluding hydrogens is 270 g/mol. The van der Waals surface area contributed by atoms with Crippen LogP contribution in [0.5, 0.6) is 0 Å². The van der Waals surface area contributed by atoms with Crippen molar-refractivity contribution < 1.29 is 22.1 Å². The molecule has 0 fully saturated rings. The first kappa shape index (κ1) is 14.5. The first-order valence-corrected chi connectivity index (χ1v) is 6.41. The minimum atomic E-state index is -4.22. The van der Waals surface area contributed by atoms with Gasteiger partial charge in [-0.1, -0.05) is 6.92 Å². The van der Waals surface area contributed by atoms with Gasteiger partial charge < -0.3 is 0 Å².